The summed E-state index contributed by atoms with van der Waals surface area (Å²) in [7, 11) is 0. The molecule has 4 aromatic rings. The molecule has 4 rings (SSSR count). The molecule has 2 heterocycles. The molecule has 0 unspecified atom stereocenters. The third-order valence-corrected chi connectivity index (χ3v) is 5.17. The van der Waals surface area contributed by atoms with E-state index in [-0.39, 0.29) is 18.6 Å². The summed E-state index contributed by atoms with van der Waals surface area (Å²) in [6.45, 7) is 0.00803. The molecule has 0 saturated heterocycles. The highest BCUT2D eigenvalue weighted by atomic mass is 35.5. The minimum atomic E-state index is -0.117. The number of hydrogen-bond acceptors (Lipinski definition) is 5. The third-order valence-electron chi connectivity index (χ3n) is 3.77. The van der Waals surface area contributed by atoms with Crippen molar-refractivity contribution in [1.29, 1.82) is 0 Å². The highest BCUT2D eigenvalue weighted by molar-refractivity contribution is 7.25. The van der Waals surface area contributed by atoms with Gasteiger partial charge in [-0.3, -0.25) is 4.79 Å². The maximum atomic E-state index is 13.1. The van der Waals surface area contributed by atoms with Crippen LogP contribution in [0, 0.1) is 0 Å². The van der Waals surface area contributed by atoms with Crippen molar-refractivity contribution < 1.29 is 9.84 Å². The van der Waals surface area contributed by atoms with Crippen LogP contribution in [-0.2, 0) is 0 Å². The Hall–Kier alpha value is -2.21. The van der Waals surface area contributed by atoms with E-state index in [1.165, 1.54) is 11.3 Å². The van der Waals surface area contributed by atoms with Gasteiger partial charge in [0.15, 0.2) is 5.43 Å². The number of aliphatic hydroxyl groups excluding tert-OH is 1. The number of aromatic nitrogens is 1. The van der Waals surface area contributed by atoms with E-state index in [4.69, 9.17) is 21.4 Å². The highest BCUT2D eigenvalue weighted by Gasteiger charge is 2.16. The average Bonchev–Trinajstić information content (AvgIpc) is 2.60. The standard InChI is InChI=1S/C18H12ClNO3S/c19-10-5-6-14-12(9-10)16(22)15-11-3-1-2-4-13(11)20-18(17(15)24-14)23-8-7-21/h1-6,9,21H,7-8H2. The zero-order chi connectivity index (χ0) is 16.7. The summed E-state index contributed by atoms with van der Waals surface area (Å²) in [5.74, 6) is 0.372. The number of benzene rings is 2. The fourth-order valence-corrected chi connectivity index (χ4v) is 4.03. The van der Waals surface area contributed by atoms with E-state index in [2.05, 4.69) is 4.98 Å². The molecule has 0 aliphatic rings. The van der Waals surface area contributed by atoms with Crippen LogP contribution >= 0.6 is 22.9 Å². The SMILES string of the molecule is O=c1c2cc(Cl)ccc2sc2c(OCCO)nc3ccccc3c12. The van der Waals surface area contributed by atoms with E-state index < -0.39 is 0 Å². The lowest BCUT2D eigenvalue weighted by Gasteiger charge is -2.10. The van der Waals surface area contributed by atoms with Crippen LogP contribution in [0.25, 0.3) is 31.1 Å². The second-order valence-electron chi connectivity index (χ2n) is 5.28. The summed E-state index contributed by atoms with van der Waals surface area (Å²) in [5.41, 5.74) is 0.595. The molecule has 1 N–H and O–H groups in total. The summed E-state index contributed by atoms with van der Waals surface area (Å²) < 4.78 is 7.09. The summed E-state index contributed by atoms with van der Waals surface area (Å²) in [6, 6.07) is 12.7. The minimum Gasteiger partial charge on any atom is -0.474 e. The first-order valence-electron chi connectivity index (χ1n) is 7.37. The molecule has 2 aromatic heterocycles. The molecule has 0 saturated carbocycles. The van der Waals surface area contributed by atoms with Crippen molar-refractivity contribution >= 4 is 54.0 Å². The van der Waals surface area contributed by atoms with Crippen LogP contribution in [0.1, 0.15) is 0 Å². The smallest absolute Gasteiger partial charge is 0.232 e. The van der Waals surface area contributed by atoms with Crippen molar-refractivity contribution in [2.75, 3.05) is 13.2 Å². The van der Waals surface area contributed by atoms with Gasteiger partial charge in [-0.2, -0.15) is 0 Å². The number of halogens is 1. The number of fused-ring (bicyclic) bond motifs is 4. The van der Waals surface area contributed by atoms with Crippen LogP contribution in [0.5, 0.6) is 5.88 Å². The lowest BCUT2D eigenvalue weighted by Crippen LogP contribution is -2.07. The van der Waals surface area contributed by atoms with E-state index >= 15 is 0 Å². The Bertz CT molecular complexity index is 1140. The molecule has 0 amide bonds. The van der Waals surface area contributed by atoms with E-state index in [1.54, 1.807) is 12.1 Å². The van der Waals surface area contributed by atoms with Gasteiger partial charge >= 0.3 is 0 Å². The molecule has 6 heteroatoms. The lowest BCUT2D eigenvalue weighted by molar-refractivity contribution is 0.199. The van der Waals surface area contributed by atoms with Crippen molar-refractivity contribution in [3.05, 3.63) is 57.7 Å². The molecule has 0 atom stereocenters. The molecular weight excluding hydrogens is 346 g/mol. The normalized spacial score (nSPS) is 11.4. The van der Waals surface area contributed by atoms with Gasteiger partial charge in [0.25, 0.3) is 0 Å². The van der Waals surface area contributed by atoms with Crippen LogP contribution in [-0.4, -0.2) is 23.3 Å². The molecule has 0 radical (unpaired) electrons. The van der Waals surface area contributed by atoms with Crippen molar-refractivity contribution in [2.45, 2.75) is 0 Å². The fourth-order valence-electron chi connectivity index (χ4n) is 2.75. The van der Waals surface area contributed by atoms with Gasteiger partial charge in [-0.15, -0.1) is 11.3 Å². The average molecular weight is 358 g/mol. The number of nitrogens with zero attached hydrogens (tertiary/aromatic N) is 1. The van der Waals surface area contributed by atoms with Crippen LogP contribution in [0.15, 0.2) is 47.3 Å². The van der Waals surface area contributed by atoms with Gasteiger partial charge in [-0.05, 0) is 24.3 Å². The van der Waals surface area contributed by atoms with Gasteiger partial charge in [0.05, 0.1) is 17.5 Å². The first kappa shape index (κ1) is 15.3. The van der Waals surface area contributed by atoms with Gasteiger partial charge in [0.1, 0.15) is 11.3 Å². The maximum absolute atomic E-state index is 13.1. The van der Waals surface area contributed by atoms with Gasteiger partial charge in [0, 0.05) is 20.5 Å². The molecule has 0 bridgehead atoms. The second kappa shape index (κ2) is 6.02. The van der Waals surface area contributed by atoms with E-state index in [0.717, 1.165) is 10.1 Å². The molecule has 0 spiro atoms. The van der Waals surface area contributed by atoms with Gasteiger partial charge < -0.3 is 9.84 Å². The Labute approximate surface area is 145 Å². The maximum Gasteiger partial charge on any atom is 0.232 e. The summed E-state index contributed by atoms with van der Waals surface area (Å²) in [5, 5.41) is 11.5. The summed E-state index contributed by atoms with van der Waals surface area (Å²) in [4.78, 5) is 17.6. The fraction of sp³-hybridized carbons (Fsp3) is 0.111. The number of ether oxygens (including phenoxy) is 1. The van der Waals surface area contributed by atoms with Crippen molar-refractivity contribution in [3.8, 4) is 5.88 Å². The van der Waals surface area contributed by atoms with Crippen LogP contribution in [0.3, 0.4) is 0 Å². The van der Waals surface area contributed by atoms with E-state index in [9.17, 15) is 4.79 Å². The quantitative estimate of drug-likeness (QED) is 0.445. The topological polar surface area (TPSA) is 59.4 Å². The summed E-state index contributed by atoms with van der Waals surface area (Å²) >= 11 is 7.50. The monoisotopic (exact) mass is 357 g/mol. The number of rotatable bonds is 3. The molecule has 120 valence electrons. The van der Waals surface area contributed by atoms with Crippen molar-refractivity contribution in [2.24, 2.45) is 0 Å². The van der Waals surface area contributed by atoms with Gasteiger partial charge in [-0.1, -0.05) is 29.8 Å². The number of hydrogen-bond donors (Lipinski definition) is 1. The Morgan fingerprint density at radius 1 is 1.17 bits per heavy atom. The number of aliphatic hydroxyl groups is 1. The zero-order valence-electron chi connectivity index (χ0n) is 12.5. The molecule has 0 aliphatic carbocycles. The molecule has 0 fully saturated rings. The van der Waals surface area contributed by atoms with Crippen molar-refractivity contribution in [1.82, 2.24) is 4.98 Å². The van der Waals surface area contributed by atoms with Crippen LogP contribution < -0.4 is 10.2 Å². The zero-order valence-corrected chi connectivity index (χ0v) is 14.0. The third kappa shape index (κ3) is 2.41. The minimum absolute atomic E-state index is 0.0892. The summed E-state index contributed by atoms with van der Waals surface area (Å²) in [6.07, 6.45) is 0. The van der Waals surface area contributed by atoms with Crippen LogP contribution in [0.4, 0.5) is 0 Å². The number of pyridine rings is 1. The predicted molar refractivity (Wildman–Crippen MR) is 98.5 cm³/mol. The largest absolute Gasteiger partial charge is 0.474 e. The first-order chi connectivity index (χ1) is 11.7. The molecule has 0 aliphatic heterocycles. The first-order valence-corrected chi connectivity index (χ1v) is 8.57. The van der Waals surface area contributed by atoms with Gasteiger partial charge in [-0.25, -0.2) is 4.98 Å². The number of para-hydroxylation sites is 1. The highest BCUT2D eigenvalue weighted by Crippen LogP contribution is 2.35. The van der Waals surface area contributed by atoms with Crippen molar-refractivity contribution in [3.63, 3.8) is 0 Å². The Morgan fingerprint density at radius 2 is 2.00 bits per heavy atom. The predicted octanol–water partition coefficient (Wildman–Crippen LogP) is 3.99. The van der Waals surface area contributed by atoms with E-state index in [1.807, 2.05) is 30.3 Å². The molecule has 4 nitrogen and oxygen atoms in total. The Balaban J connectivity index is 2.21. The van der Waals surface area contributed by atoms with Crippen LogP contribution in [0.2, 0.25) is 5.02 Å². The van der Waals surface area contributed by atoms with E-state index in [0.29, 0.717) is 31.9 Å². The van der Waals surface area contributed by atoms with Gasteiger partial charge in [0.2, 0.25) is 5.88 Å². The lowest BCUT2D eigenvalue weighted by atomic mass is 10.1. The molecular formula is C18H12ClNO3S. The second-order valence-corrected chi connectivity index (χ2v) is 6.77. The Morgan fingerprint density at radius 3 is 2.83 bits per heavy atom. The molecule has 2 aromatic carbocycles. The Kier molecular flexibility index (Phi) is 3.84. The molecule has 24 heavy (non-hydrogen) atoms.